The van der Waals surface area contributed by atoms with E-state index in [1.807, 2.05) is 6.07 Å². The number of nitrogen functional groups attached to an aromatic ring is 1. The van der Waals surface area contributed by atoms with Crippen LogP contribution in [0.15, 0.2) is 36.4 Å². The highest BCUT2D eigenvalue weighted by atomic mass is 16.5. The molecule has 0 saturated carbocycles. The first kappa shape index (κ1) is 12.7. The first-order chi connectivity index (χ1) is 9.63. The molecule has 0 spiro atoms. The molecule has 2 aromatic carbocycles. The van der Waals surface area contributed by atoms with Gasteiger partial charge in [-0.3, -0.25) is 4.79 Å². The fourth-order valence-electron chi connectivity index (χ4n) is 2.60. The van der Waals surface area contributed by atoms with Gasteiger partial charge in [-0.2, -0.15) is 0 Å². The molecular formula is C17H17NO2. The molecule has 0 amide bonds. The van der Waals surface area contributed by atoms with Gasteiger partial charge in [0.2, 0.25) is 0 Å². The number of rotatable bonds is 3. The number of carbonyl (C=O) groups excluding carboxylic acids is 1. The molecule has 20 heavy (non-hydrogen) atoms. The summed E-state index contributed by atoms with van der Waals surface area (Å²) in [6, 6.07) is 11.3. The fraction of sp³-hybridized carbons (Fsp3) is 0.235. The number of ketones is 1. The van der Waals surface area contributed by atoms with E-state index in [4.69, 9.17) is 10.5 Å². The Morgan fingerprint density at radius 2 is 1.90 bits per heavy atom. The molecule has 0 saturated heterocycles. The summed E-state index contributed by atoms with van der Waals surface area (Å²) in [7, 11) is 0. The van der Waals surface area contributed by atoms with Gasteiger partial charge in [0.15, 0.2) is 5.78 Å². The van der Waals surface area contributed by atoms with Crippen molar-refractivity contribution in [2.24, 2.45) is 0 Å². The van der Waals surface area contributed by atoms with Crippen molar-refractivity contribution in [1.29, 1.82) is 0 Å². The molecule has 3 nitrogen and oxygen atoms in total. The molecule has 0 radical (unpaired) electrons. The lowest BCUT2D eigenvalue weighted by Gasteiger charge is -2.10. The van der Waals surface area contributed by atoms with E-state index in [1.165, 1.54) is 24.5 Å². The van der Waals surface area contributed by atoms with E-state index in [0.717, 1.165) is 18.6 Å². The average Bonchev–Trinajstić information content (AvgIpc) is 2.88. The maximum absolute atomic E-state index is 11.3. The number of nitrogens with two attached hydrogens (primary N) is 1. The Labute approximate surface area is 118 Å². The third kappa shape index (κ3) is 2.39. The standard InChI is InChI=1S/C17H17NO2/c1-11(19)13-6-8-17(16(18)10-13)20-15-7-5-12-3-2-4-14(12)9-15/h5-10H,2-4,18H2,1H3. The topological polar surface area (TPSA) is 52.3 Å². The minimum atomic E-state index is 0.000723. The van der Waals surface area contributed by atoms with Crippen molar-refractivity contribution in [3.05, 3.63) is 53.1 Å². The third-order valence-corrected chi connectivity index (χ3v) is 3.71. The second-order valence-electron chi connectivity index (χ2n) is 5.19. The van der Waals surface area contributed by atoms with Crippen LogP contribution in [0, 0.1) is 0 Å². The summed E-state index contributed by atoms with van der Waals surface area (Å²) in [6.07, 6.45) is 3.49. The highest BCUT2D eigenvalue weighted by Crippen LogP contribution is 2.31. The zero-order valence-electron chi connectivity index (χ0n) is 11.5. The molecule has 3 rings (SSSR count). The van der Waals surface area contributed by atoms with Gasteiger partial charge in [0.25, 0.3) is 0 Å². The molecule has 3 heteroatoms. The van der Waals surface area contributed by atoms with Gasteiger partial charge in [-0.05, 0) is 67.6 Å². The Kier molecular flexibility index (Phi) is 3.18. The molecule has 2 N–H and O–H groups in total. The Morgan fingerprint density at radius 1 is 1.10 bits per heavy atom. The Balaban J connectivity index is 1.86. The maximum Gasteiger partial charge on any atom is 0.159 e. The van der Waals surface area contributed by atoms with Crippen molar-refractivity contribution < 1.29 is 9.53 Å². The van der Waals surface area contributed by atoms with Gasteiger partial charge in [0.1, 0.15) is 11.5 Å². The van der Waals surface area contributed by atoms with Gasteiger partial charge in [0.05, 0.1) is 5.69 Å². The van der Waals surface area contributed by atoms with E-state index in [0.29, 0.717) is 17.0 Å². The SMILES string of the molecule is CC(=O)c1ccc(Oc2ccc3c(c2)CCC3)c(N)c1. The highest BCUT2D eigenvalue weighted by molar-refractivity contribution is 5.95. The Bertz CT molecular complexity index is 677. The molecule has 102 valence electrons. The predicted molar refractivity (Wildman–Crippen MR) is 79.4 cm³/mol. The highest BCUT2D eigenvalue weighted by Gasteiger charge is 2.12. The van der Waals surface area contributed by atoms with Crippen LogP contribution in [0.1, 0.15) is 34.8 Å². The predicted octanol–water partition coefficient (Wildman–Crippen LogP) is 3.75. The van der Waals surface area contributed by atoms with Gasteiger partial charge in [-0.15, -0.1) is 0 Å². The van der Waals surface area contributed by atoms with Gasteiger partial charge >= 0.3 is 0 Å². The number of carbonyl (C=O) groups is 1. The number of fused-ring (bicyclic) bond motifs is 1. The van der Waals surface area contributed by atoms with Gasteiger partial charge in [-0.1, -0.05) is 6.07 Å². The lowest BCUT2D eigenvalue weighted by atomic mass is 10.1. The van der Waals surface area contributed by atoms with E-state index < -0.39 is 0 Å². The van der Waals surface area contributed by atoms with Gasteiger partial charge in [-0.25, -0.2) is 0 Å². The first-order valence-electron chi connectivity index (χ1n) is 6.83. The zero-order valence-corrected chi connectivity index (χ0v) is 11.5. The summed E-state index contributed by atoms with van der Waals surface area (Å²) in [5.41, 5.74) is 9.80. The minimum absolute atomic E-state index is 0.000723. The van der Waals surface area contributed by atoms with E-state index in [-0.39, 0.29) is 5.78 Å². The summed E-state index contributed by atoms with van der Waals surface area (Å²) in [4.78, 5) is 11.3. The van der Waals surface area contributed by atoms with Crippen molar-refractivity contribution in [2.75, 3.05) is 5.73 Å². The zero-order chi connectivity index (χ0) is 14.1. The summed E-state index contributed by atoms with van der Waals surface area (Å²) in [5, 5.41) is 0. The molecule has 0 aliphatic heterocycles. The van der Waals surface area contributed by atoms with Crippen LogP contribution in [0.3, 0.4) is 0 Å². The van der Waals surface area contributed by atoms with Crippen LogP contribution in [0.2, 0.25) is 0 Å². The number of ether oxygens (including phenoxy) is 1. The number of Topliss-reactive ketones (excluding diaryl/α,β-unsaturated/α-hetero) is 1. The second-order valence-corrected chi connectivity index (χ2v) is 5.19. The van der Waals surface area contributed by atoms with Crippen LogP contribution in [0.25, 0.3) is 0 Å². The number of hydrogen-bond donors (Lipinski definition) is 1. The van der Waals surface area contributed by atoms with Gasteiger partial charge in [0, 0.05) is 5.56 Å². The van der Waals surface area contributed by atoms with Crippen molar-refractivity contribution >= 4 is 11.5 Å². The summed E-state index contributed by atoms with van der Waals surface area (Å²) < 4.78 is 5.83. The largest absolute Gasteiger partial charge is 0.455 e. The molecule has 0 bridgehead atoms. The van der Waals surface area contributed by atoms with Crippen LogP contribution < -0.4 is 10.5 Å². The Hall–Kier alpha value is -2.29. The van der Waals surface area contributed by atoms with Crippen LogP contribution in [-0.4, -0.2) is 5.78 Å². The second kappa shape index (κ2) is 5.00. The van der Waals surface area contributed by atoms with Crippen LogP contribution in [0.5, 0.6) is 11.5 Å². The smallest absolute Gasteiger partial charge is 0.159 e. The normalized spacial score (nSPS) is 13.1. The summed E-state index contributed by atoms with van der Waals surface area (Å²) in [6.45, 7) is 1.52. The number of anilines is 1. The van der Waals surface area contributed by atoms with Crippen molar-refractivity contribution in [1.82, 2.24) is 0 Å². The van der Waals surface area contributed by atoms with Crippen LogP contribution in [-0.2, 0) is 12.8 Å². The van der Waals surface area contributed by atoms with Crippen LogP contribution >= 0.6 is 0 Å². The molecule has 2 aromatic rings. The number of benzene rings is 2. The molecule has 0 unspecified atom stereocenters. The molecule has 0 atom stereocenters. The molecular weight excluding hydrogens is 250 g/mol. The quantitative estimate of drug-likeness (QED) is 0.680. The molecule has 0 fully saturated rings. The molecule has 1 aliphatic rings. The van der Waals surface area contributed by atoms with Crippen molar-refractivity contribution in [2.45, 2.75) is 26.2 Å². The van der Waals surface area contributed by atoms with Gasteiger partial charge < -0.3 is 10.5 Å². The van der Waals surface area contributed by atoms with E-state index in [1.54, 1.807) is 18.2 Å². The molecule has 1 aliphatic carbocycles. The van der Waals surface area contributed by atoms with Crippen molar-refractivity contribution in [3.63, 3.8) is 0 Å². The number of hydrogen-bond acceptors (Lipinski definition) is 3. The summed E-state index contributed by atoms with van der Waals surface area (Å²) >= 11 is 0. The lowest BCUT2D eigenvalue weighted by molar-refractivity contribution is 0.101. The Morgan fingerprint density at radius 3 is 2.65 bits per heavy atom. The maximum atomic E-state index is 11.3. The fourth-order valence-corrected chi connectivity index (χ4v) is 2.60. The molecule has 0 heterocycles. The minimum Gasteiger partial charge on any atom is -0.455 e. The third-order valence-electron chi connectivity index (χ3n) is 3.71. The first-order valence-corrected chi connectivity index (χ1v) is 6.83. The van der Waals surface area contributed by atoms with E-state index in [9.17, 15) is 4.79 Å². The van der Waals surface area contributed by atoms with E-state index >= 15 is 0 Å². The molecule has 0 aromatic heterocycles. The number of aryl methyl sites for hydroxylation is 2. The summed E-state index contributed by atoms with van der Waals surface area (Å²) in [5.74, 6) is 1.39. The lowest BCUT2D eigenvalue weighted by Crippen LogP contribution is -1.97. The average molecular weight is 267 g/mol. The van der Waals surface area contributed by atoms with Crippen molar-refractivity contribution in [3.8, 4) is 11.5 Å². The monoisotopic (exact) mass is 267 g/mol. The van der Waals surface area contributed by atoms with E-state index in [2.05, 4.69) is 12.1 Å². The van der Waals surface area contributed by atoms with Crippen LogP contribution in [0.4, 0.5) is 5.69 Å².